The zero-order valence-electron chi connectivity index (χ0n) is 12.9. The molecule has 1 aliphatic heterocycles. The van der Waals surface area contributed by atoms with Gasteiger partial charge in [-0.25, -0.2) is 0 Å². The normalized spacial score (nSPS) is 20.0. The molecule has 0 saturated carbocycles. The summed E-state index contributed by atoms with van der Waals surface area (Å²) in [5.74, 6) is -0.218. The number of aryl methyl sites for hydroxylation is 1. The molecule has 1 aliphatic rings. The van der Waals surface area contributed by atoms with E-state index in [1.54, 1.807) is 23.9 Å². The predicted octanol–water partition coefficient (Wildman–Crippen LogP) is 2.27. The predicted molar refractivity (Wildman–Crippen MR) is 87.2 cm³/mol. The fraction of sp³-hybridized carbons (Fsp3) is 0.312. The van der Waals surface area contributed by atoms with Crippen molar-refractivity contribution in [1.82, 2.24) is 15.1 Å². The summed E-state index contributed by atoms with van der Waals surface area (Å²) in [4.78, 5) is 17.9. The molecule has 0 unspecified atom stereocenters. The molecule has 120 valence electrons. The van der Waals surface area contributed by atoms with Crippen LogP contribution in [-0.4, -0.2) is 27.0 Å². The number of amides is 1. The molecule has 1 N–H and O–H groups in total. The number of rotatable bonds is 4. The Balaban J connectivity index is 1.66. The van der Waals surface area contributed by atoms with E-state index in [0.29, 0.717) is 23.7 Å². The van der Waals surface area contributed by atoms with Gasteiger partial charge < -0.3 is 10.2 Å². The zero-order chi connectivity index (χ0) is 16.4. The van der Waals surface area contributed by atoms with Gasteiger partial charge in [0.25, 0.3) is 5.91 Å². The summed E-state index contributed by atoms with van der Waals surface area (Å²) >= 11 is 6.18. The second kappa shape index (κ2) is 6.04. The topological polar surface area (TPSA) is 68.5 Å². The van der Waals surface area contributed by atoms with Crippen LogP contribution in [0.2, 0.25) is 5.02 Å². The number of carbonyl (C=O) groups excluding carboxylic acids is 1. The molecule has 0 bridgehead atoms. The number of nitrogens with one attached hydrogen (secondary N) is 1. The lowest BCUT2D eigenvalue weighted by Crippen LogP contribution is -2.44. The highest BCUT2D eigenvalue weighted by Gasteiger charge is 2.42. The van der Waals surface area contributed by atoms with Crippen molar-refractivity contribution in [2.75, 3.05) is 0 Å². The Hall–Kier alpha value is -2.34. The third-order valence-corrected chi connectivity index (χ3v) is 4.21. The SMILES string of the molecule is Cn1nccc1CNC(=O)[C@]1(C)CC(c2ccccc2Cl)=NO1. The smallest absolute Gasteiger partial charge is 0.267 e. The van der Waals surface area contributed by atoms with E-state index in [1.807, 2.05) is 31.3 Å². The Labute approximate surface area is 139 Å². The summed E-state index contributed by atoms with van der Waals surface area (Å²) in [6, 6.07) is 9.23. The summed E-state index contributed by atoms with van der Waals surface area (Å²) < 4.78 is 1.71. The molecule has 7 heteroatoms. The zero-order valence-corrected chi connectivity index (χ0v) is 13.7. The summed E-state index contributed by atoms with van der Waals surface area (Å²) in [6.07, 6.45) is 2.06. The molecule has 1 aromatic carbocycles. The lowest BCUT2D eigenvalue weighted by Gasteiger charge is -2.20. The summed E-state index contributed by atoms with van der Waals surface area (Å²) in [5, 5.41) is 11.6. The second-order valence-corrected chi connectivity index (χ2v) is 6.05. The Bertz CT molecular complexity index is 771. The van der Waals surface area contributed by atoms with Crippen LogP contribution >= 0.6 is 11.6 Å². The van der Waals surface area contributed by atoms with Crippen LogP contribution in [0.4, 0.5) is 0 Å². The molecular weight excluding hydrogens is 316 g/mol. The summed E-state index contributed by atoms with van der Waals surface area (Å²) in [5.41, 5.74) is 1.34. The van der Waals surface area contributed by atoms with E-state index in [1.165, 1.54) is 0 Å². The largest absolute Gasteiger partial charge is 0.379 e. The van der Waals surface area contributed by atoms with Crippen LogP contribution in [0, 0.1) is 0 Å². The first kappa shape index (κ1) is 15.6. The summed E-state index contributed by atoms with van der Waals surface area (Å²) in [6.45, 7) is 2.11. The molecule has 1 aromatic heterocycles. The third kappa shape index (κ3) is 3.07. The van der Waals surface area contributed by atoms with Crippen molar-refractivity contribution in [2.24, 2.45) is 12.2 Å². The maximum Gasteiger partial charge on any atom is 0.267 e. The van der Waals surface area contributed by atoms with Crippen molar-refractivity contribution >= 4 is 23.2 Å². The van der Waals surface area contributed by atoms with Crippen LogP contribution in [0.15, 0.2) is 41.7 Å². The first-order valence-corrected chi connectivity index (χ1v) is 7.62. The van der Waals surface area contributed by atoms with Gasteiger partial charge in [-0.05, 0) is 19.1 Å². The highest BCUT2D eigenvalue weighted by Crippen LogP contribution is 2.29. The van der Waals surface area contributed by atoms with Gasteiger partial charge in [-0.15, -0.1) is 0 Å². The second-order valence-electron chi connectivity index (χ2n) is 5.65. The summed E-state index contributed by atoms with van der Waals surface area (Å²) in [7, 11) is 1.83. The molecule has 0 spiro atoms. The average molecular weight is 333 g/mol. The quantitative estimate of drug-likeness (QED) is 0.933. The van der Waals surface area contributed by atoms with E-state index in [4.69, 9.17) is 16.4 Å². The van der Waals surface area contributed by atoms with Crippen LogP contribution in [0.5, 0.6) is 0 Å². The van der Waals surface area contributed by atoms with Gasteiger partial charge >= 0.3 is 0 Å². The number of halogens is 1. The molecule has 2 heterocycles. The van der Waals surface area contributed by atoms with Crippen molar-refractivity contribution in [3.05, 3.63) is 52.8 Å². The van der Waals surface area contributed by atoms with E-state index in [2.05, 4.69) is 15.6 Å². The first-order chi connectivity index (χ1) is 11.0. The van der Waals surface area contributed by atoms with E-state index < -0.39 is 5.60 Å². The monoisotopic (exact) mass is 332 g/mol. The molecule has 3 rings (SSSR count). The molecule has 23 heavy (non-hydrogen) atoms. The fourth-order valence-corrected chi connectivity index (χ4v) is 2.68. The number of nitrogens with zero attached hydrogens (tertiary/aromatic N) is 3. The molecule has 0 aliphatic carbocycles. The van der Waals surface area contributed by atoms with Crippen molar-refractivity contribution in [3.63, 3.8) is 0 Å². The molecule has 2 aromatic rings. The lowest BCUT2D eigenvalue weighted by atomic mass is 9.95. The molecule has 1 amide bonds. The van der Waals surface area contributed by atoms with E-state index >= 15 is 0 Å². The number of hydrogen-bond acceptors (Lipinski definition) is 4. The van der Waals surface area contributed by atoms with Crippen LogP contribution in [-0.2, 0) is 23.2 Å². The number of oxime groups is 1. The number of aromatic nitrogens is 2. The van der Waals surface area contributed by atoms with Crippen molar-refractivity contribution in [2.45, 2.75) is 25.5 Å². The minimum absolute atomic E-state index is 0.218. The van der Waals surface area contributed by atoms with Crippen LogP contribution < -0.4 is 5.32 Å². The average Bonchev–Trinajstić information content (AvgIpc) is 3.12. The Morgan fingerprint density at radius 1 is 1.43 bits per heavy atom. The van der Waals surface area contributed by atoms with Gasteiger partial charge in [-0.3, -0.25) is 9.48 Å². The van der Waals surface area contributed by atoms with Crippen LogP contribution in [0.3, 0.4) is 0 Å². The first-order valence-electron chi connectivity index (χ1n) is 7.25. The highest BCUT2D eigenvalue weighted by atomic mass is 35.5. The van der Waals surface area contributed by atoms with Crippen LogP contribution in [0.1, 0.15) is 24.6 Å². The van der Waals surface area contributed by atoms with Crippen LogP contribution in [0.25, 0.3) is 0 Å². The van der Waals surface area contributed by atoms with Crippen molar-refractivity contribution in [1.29, 1.82) is 0 Å². The highest BCUT2D eigenvalue weighted by molar-refractivity contribution is 6.34. The van der Waals surface area contributed by atoms with Gasteiger partial charge in [0.15, 0.2) is 0 Å². The number of benzene rings is 1. The maximum atomic E-state index is 12.5. The van der Waals surface area contributed by atoms with Gasteiger partial charge in [0.2, 0.25) is 5.60 Å². The third-order valence-electron chi connectivity index (χ3n) is 3.88. The van der Waals surface area contributed by atoms with Gasteiger partial charge in [0, 0.05) is 30.3 Å². The Kier molecular flexibility index (Phi) is 4.09. The minimum Gasteiger partial charge on any atom is -0.379 e. The Morgan fingerprint density at radius 3 is 2.91 bits per heavy atom. The maximum absolute atomic E-state index is 12.5. The fourth-order valence-electron chi connectivity index (χ4n) is 2.43. The van der Waals surface area contributed by atoms with Crippen molar-refractivity contribution < 1.29 is 9.63 Å². The lowest BCUT2D eigenvalue weighted by molar-refractivity contribution is -0.141. The molecule has 0 saturated heterocycles. The van der Waals surface area contributed by atoms with Gasteiger partial charge in [-0.1, -0.05) is 35.0 Å². The molecule has 0 radical (unpaired) electrons. The van der Waals surface area contributed by atoms with Crippen molar-refractivity contribution in [3.8, 4) is 0 Å². The van der Waals surface area contributed by atoms with Gasteiger partial charge in [-0.2, -0.15) is 5.10 Å². The number of carbonyl (C=O) groups is 1. The molecule has 1 atom stereocenters. The molecule has 0 fully saturated rings. The number of hydrogen-bond donors (Lipinski definition) is 1. The van der Waals surface area contributed by atoms with Gasteiger partial charge in [0.05, 0.1) is 18.0 Å². The standard InChI is InChI=1S/C16H17ClN4O2/c1-16(15(22)18-10-11-7-8-19-21(11)2)9-14(20-23-16)12-5-3-4-6-13(12)17/h3-8H,9-10H2,1-2H3,(H,18,22)/t16-/m0/s1. The van der Waals surface area contributed by atoms with Gasteiger partial charge in [0.1, 0.15) is 0 Å². The van der Waals surface area contributed by atoms with E-state index in [0.717, 1.165) is 11.3 Å². The van der Waals surface area contributed by atoms with E-state index in [-0.39, 0.29) is 5.91 Å². The van der Waals surface area contributed by atoms with E-state index in [9.17, 15) is 4.79 Å². The molecular formula is C16H17ClN4O2. The Morgan fingerprint density at radius 2 is 2.22 bits per heavy atom. The molecule has 6 nitrogen and oxygen atoms in total. The minimum atomic E-state index is -1.03.